The van der Waals surface area contributed by atoms with Crippen LogP contribution in [-0.4, -0.2) is 45.3 Å². The first-order valence-electron chi connectivity index (χ1n) is 10.6. The van der Waals surface area contributed by atoms with Gasteiger partial charge in [-0.1, -0.05) is 6.07 Å². The van der Waals surface area contributed by atoms with Crippen molar-refractivity contribution in [2.45, 2.75) is 25.7 Å². The van der Waals surface area contributed by atoms with Crippen molar-refractivity contribution in [3.8, 4) is 0 Å². The average molecular weight is 429 g/mol. The molecule has 0 spiro atoms. The van der Waals surface area contributed by atoms with E-state index in [0.29, 0.717) is 30.1 Å². The molecule has 31 heavy (non-hydrogen) atoms. The lowest BCUT2D eigenvalue weighted by atomic mass is 10.1. The van der Waals surface area contributed by atoms with Crippen molar-refractivity contribution in [2.24, 2.45) is 0 Å². The van der Waals surface area contributed by atoms with Crippen LogP contribution in [-0.2, 0) is 4.74 Å². The van der Waals surface area contributed by atoms with Crippen molar-refractivity contribution in [1.82, 2.24) is 5.32 Å². The van der Waals surface area contributed by atoms with Crippen molar-refractivity contribution in [3.63, 3.8) is 0 Å². The van der Waals surface area contributed by atoms with Gasteiger partial charge in [-0.15, -0.1) is 0 Å². The van der Waals surface area contributed by atoms with Gasteiger partial charge in [-0.25, -0.2) is 9.18 Å². The Bertz CT molecular complexity index is 900. The van der Waals surface area contributed by atoms with Crippen LogP contribution in [0.5, 0.6) is 0 Å². The number of ether oxygens (including phenoxy) is 1. The van der Waals surface area contributed by atoms with E-state index in [1.165, 1.54) is 24.6 Å². The lowest BCUT2D eigenvalue weighted by Crippen LogP contribution is -2.33. The summed E-state index contributed by atoms with van der Waals surface area (Å²) < 4.78 is 18.4. The van der Waals surface area contributed by atoms with Gasteiger partial charge in [0.1, 0.15) is 5.82 Å². The Balaban J connectivity index is 1.74. The van der Waals surface area contributed by atoms with Gasteiger partial charge in [0.05, 0.1) is 5.56 Å². The molecular weight excluding hydrogens is 399 g/mol. The number of urea groups is 1. The summed E-state index contributed by atoms with van der Waals surface area (Å²) in [6.07, 6.45) is 4.08. The van der Waals surface area contributed by atoms with Crippen LogP contribution >= 0.6 is 0 Å². The van der Waals surface area contributed by atoms with Gasteiger partial charge in [-0.05, 0) is 62.1 Å². The first-order chi connectivity index (χ1) is 15.1. The highest BCUT2D eigenvalue weighted by Gasteiger charge is 2.19. The fraction of sp³-hybridized carbons (Fsp3) is 0.391. The van der Waals surface area contributed by atoms with E-state index in [4.69, 9.17) is 4.74 Å². The standard InChI is InChI=1S/C23H29FN4O3/c1-31-14-6-11-25-22(29)20-16-19(9-10-21(20)28-12-3-2-4-13-28)27-23(30)26-18-8-5-7-17(24)15-18/h5,7-10,15-16H,2-4,6,11-14H2,1H3,(H,25,29)(H2,26,27,30). The molecule has 1 aliphatic rings. The van der Waals surface area contributed by atoms with Crippen molar-refractivity contribution < 1.29 is 18.7 Å². The lowest BCUT2D eigenvalue weighted by Gasteiger charge is -2.30. The minimum absolute atomic E-state index is 0.189. The number of hydrogen-bond donors (Lipinski definition) is 3. The first kappa shape index (κ1) is 22.6. The van der Waals surface area contributed by atoms with Crippen molar-refractivity contribution >= 4 is 29.0 Å². The zero-order valence-electron chi connectivity index (χ0n) is 17.7. The van der Waals surface area contributed by atoms with Crippen molar-refractivity contribution in [2.75, 3.05) is 48.9 Å². The number of methoxy groups -OCH3 is 1. The van der Waals surface area contributed by atoms with Crippen LogP contribution in [0.3, 0.4) is 0 Å². The molecule has 0 saturated carbocycles. The summed E-state index contributed by atoms with van der Waals surface area (Å²) in [5, 5.41) is 8.24. The van der Waals surface area contributed by atoms with E-state index in [2.05, 4.69) is 20.9 Å². The number of carbonyl (C=O) groups excluding carboxylic acids is 2. The summed E-state index contributed by atoms with van der Waals surface area (Å²) in [6, 6.07) is 10.5. The molecule has 7 nitrogen and oxygen atoms in total. The molecule has 0 radical (unpaired) electrons. The van der Waals surface area contributed by atoms with Crippen LogP contribution in [0.15, 0.2) is 42.5 Å². The monoisotopic (exact) mass is 428 g/mol. The third kappa shape index (κ3) is 6.68. The molecule has 3 N–H and O–H groups in total. The van der Waals surface area contributed by atoms with Gasteiger partial charge in [-0.3, -0.25) is 4.79 Å². The summed E-state index contributed by atoms with van der Waals surface area (Å²) in [4.78, 5) is 27.4. The van der Waals surface area contributed by atoms with Crippen LogP contribution in [0.2, 0.25) is 0 Å². The molecule has 1 saturated heterocycles. The number of halogens is 1. The minimum atomic E-state index is -0.511. The molecule has 1 fully saturated rings. The Morgan fingerprint density at radius 2 is 1.77 bits per heavy atom. The van der Waals surface area contributed by atoms with Crippen LogP contribution in [0, 0.1) is 5.82 Å². The Kier molecular flexibility index (Phi) is 8.23. The van der Waals surface area contributed by atoms with Gasteiger partial charge < -0.3 is 25.6 Å². The van der Waals surface area contributed by atoms with Gasteiger partial charge in [-0.2, -0.15) is 0 Å². The molecule has 8 heteroatoms. The van der Waals surface area contributed by atoms with Crippen molar-refractivity contribution in [1.29, 1.82) is 0 Å². The van der Waals surface area contributed by atoms with Crippen LogP contribution < -0.4 is 20.9 Å². The summed E-state index contributed by atoms with van der Waals surface area (Å²) in [6.45, 7) is 2.87. The third-order valence-electron chi connectivity index (χ3n) is 5.09. The molecule has 1 heterocycles. The zero-order chi connectivity index (χ0) is 22.1. The van der Waals surface area contributed by atoms with Gasteiger partial charge in [0.25, 0.3) is 5.91 Å². The van der Waals surface area contributed by atoms with E-state index in [0.717, 1.165) is 38.0 Å². The highest BCUT2D eigenvalue weighted by Crippen LogP contribution is 2.27. The smallest absolute Gasteiger partial charge is 0.323 e. The molecule has 3 amide bonds. The number of piperidine rings is 1. The van der Waals surface area contributed by atoms with Gasteiger partial charge in [0.15, 0.2) is 0 Å². The summed E-state index contributed by atoms with van der Waals surface area (Å²) >= 11 is 0. The summed E-state index contributed by atoms with van der Waals surface area (Å²) in [5.41, 5.74) is 2.21. The van der Waals surface area contributed by atoms with Gasteiger partial charge >= 0.3 is 6.03 Å². The highest BCUT2D eigenvalue weighted by molar-refractivity contribution is 6.04. The third-order valence-corrected chi connectivity index (χ3v) is 5.09. The number of nitrogens with one attached hydrogen (secondary N) is 3. The number of benzene rings is 2. The van der Waals surface area contributed by atoms with Gasteiger partial charge in [0, 0.05) is 50.4 Å². The Labute approximate surface area is 182 Å². The summed E-state index contributed by atoms with van der Waals surface area (Å²) in [7, 11) is 1.63. The number of hydrogen-bond acceptors (Lipinski definition) is 4. The van der Waals surface area contributed by atoms with Crippen molar-refractivity contribution in [3.05, 3.63) is 53.8 Å². The number of rotatable bonds is 8. The zero-order valence-corrected chi connectivity index (χ0v) is 17.7. The molecule has 0 bridgehead atoms. The van der Waals surface area contributed by atoms with E-state index in [1.54, 1.807) is 25.3 Å². The fourth-order valence-electron chi connectivity index (χ4n) is 3.58. The van der Waals surface area contributed by atoms with E-state index in [9.17, 15) is 14.0 Å². The molecule has 1 aliphatic heterocycles. The molecule has 0 aromatic heterocycles. The predicted molar refractivity (Wildman–Crippen MR) is 120 cm³/mol. The minimum Gasteiger partial charge on any atom is -0.385 e. The first-order valence-corrected chi connectivity index (χ1v) is 10.6. The predicted octanol–water partition coefficient (Wildman–Crippen LogP) is 4.23. The van der Waals surface area contributed by atoms with E-state index >= 15 is 0 Å². The maximum Gasteiger partial charge on any atom is 0.323 e. The number of anilines is 3. The maximum atomic E-state index is 13.3. The summed E-state index contributed by atoms with van der Waals surface area (Å²) in [5.74, 6) is -0.623. The van der Waals surface area contributed by atoms with Crippen LogP contribution in [0.25, 0.3) is 0 Å². The fourth-order valence-corrected chi connectivity index (χ4v) is 3.58. The van der Waals surface area contributed by atoms with Gasteiger partial charge in [0.2, 0.25) is 0 Å². The topological polar surface area (TPSA) is 82.7 Å². The van der Waals surface area contributed by atoms with Crippen LogP contribution in [0.1, 0.15) is 36.0 Å². The molecule has 2 aromatic rings. The van der Waals surface area contributed by atoms with Crippen LogP contribution in [0.4, 0.5) is 26.2 Å². The molecule has 0 aliphatic carbocycles. The molecule has 2 aromatic carbocycles. The number of carbonyl (C=O) groups is 2. The molecule has 3 rings (SSSR count). The molecule has 166 valence electrons. The molecular formula is C23H29FN4O3. The Hall–Kier alpha value is -3.13. The highest BCUT2D eigenvalue weighted by atomic mass is 19.1. The average Bonchev–Trinajstić information content (AvgIpc) is 2.77. The Morgan fingerprint density at radius 3 is 2.48 bits per heavy atom. The SMILES string of the molecule is COCCCNC(=O)c1cc(NC(=O)Nc2cccc(F)c2)ccc1N1CCCCC1. The molecule has 0 atom stereocenters. The second-order valence-corrected chi connectivity index (χ2v) is 7.47. The molecule has 0 unspecified atom stereocenters. The maximum absolute atomic E-state index is 13.3. The van der Waals surface area contributed by atoms with E-state index in [-0.39, 0.29) is 5.91 Å². The number of amides is 3. The second kappa shape index (κ2) is 11.3. The normalized spacial score (nSPS) is 13.5. The quantitative estimate of drug-likeness (QED) is 0.550. The number of nitrogens with zero attached hydrogens (tertiary/aromatic N) is 1. The lowest BCUT2D eigenvalue weighted by molar-refractivity contribution is 0.0949. The largest absolute Gasteiger partial charge is 0.385 e. The second-order valence-electron chi connectivity index (χ2n) is 7.47. The Morgan fingerprint density at radius 1 is 1.03 bits per heavy atom. The van der Waals surface area contributed by atoms with E-state index in [1.807, 2.05) is 6.07 Å². The van der Waals surface area contributed by atoms with E-state index < -0.39 is 11.8 Å².